The lowest BCUT2D eigenvalue weighted by Gasteiger charge is -2.07. The van der Waals surface area contributed by atoms with E-state index in [1.54, 1.807) is 42.1 Å². The van der Waals surface area contributed by atoms with E-state index in [4.69, 9.17) is 18.7 Å². The zero-order valence-corrected chi connectivity index (χ0v) is 18.0. The van der Waals surface area contributed by atoms with Crippen LogP contribution in [0, 0.1) is 13.8 Å². The number of nitrogens with zero attached hydrogens (tertiary/aromatic N) is 5. The molecule has 0 bridgehead atoms. The van der Waals surface area contributed by atoms with E-state index in [0.29, 0.717) is 34.3 Å². The van der Waals surface area contributed by atoms with Crippen molar-refractivity contribution in [2.45, 2.75) is 20.5 Å². The molecular weight excluding hydrogens is 414 g/mol. The molecule has 0 saturated heterocycles. The van der Waals surface area contributed by atoms with Crippen LogP contribution in [0.25, 0.3) is 17.2 Å². The highest BCUT2D eigenvalue weighted by Crippen LogP contribution is 2.31. The molecular formula is C22H21N5O5. The second kappa shape index (κ2) is 8.88. The van der Waals surface area contributed by atoms with E-state index in [1.807, 2.05) is 19.9 Å². The number of hydrogen-bond donors (Lipinski definition) is 0. The van der Waals surface area contributed by atoms with Crippen molar-refractivity contribution in [3.05, 3.63) is 65.4 Å². The van der Waals surface area contributed by atoms with E-state index in [0.717, 1.165) is 11.4 Å². The summed E-state index contributed by atoms with van der Waals surface area (Å²) in [6, 6.07) is 10.5. The predicted molar refractivity (Wildman–Crippen MR) is 113 cm³/mol. The molecule has 0 unspecified atom stereocenters. The Morgan fingerprint density at radius 1 is 1.09 bits per heavy atom. The van der Waals surface area contributed by atoms with Crippen molar-refractivity contribution in [2.24, 2.45) is 0 Å². The molecule has 0 spiro atoms. The molecule has 0 aliphatic heterocycles. The Bertz CT molecular complexity index is 1250. The van der Waals surface area contributed by atoms with Crippen LogP contribution in [0.15, 0.2) is 47.1 Å². The number of ether oxygens (including phenoxy) is 3. The number of esters is 1. The van der Waals surface area contributed by atoms with Gasteiger partial charge < -0.3 is 18.7 Å². The number of benzene rings is 1. The normalized spacial score (nSPS) is 10.8. The summed E-state index contributed by atoms with van der Waals surface area (Å²) in [5.74, 6) is 1.69. The summed E-state index contributed by atoms with van der Waals surface area (Å²) in [5, 5.41) is 8.31. The van der Waals surface area contributed by atoms with Crippen molar-refractivity contribution >= 4 is 5.97 Å². The molecule has 4 rings (SSSR count). The number of hydrogen-bond acceptors (Lipinski definition) is 9. The van der Waals surface area contributed by atoms with Crippen LogP contribution >= 0.6 is 0 Å². The van der Waals surface area contributed by atoms with Gasteiger partial charge >= 0.3 is 5.97 Å². The molecule has 0 aliphatic carbocycles. The first-order valence-electron chi connectivity index (χ1n) is 9.70. The van der Waals surface area contributed by atoms with Crippen LogP contribution in [-0.4, -0.2) is 45.1 Å². The van der Waals surface area contributed by atoms with E-state index in [9.17, 15) is 4.79 Å². The summed E-state index contributed by atoms with van der Waals surface area (Å²) in [6.07, 6.45) is 1.44. The molecule has 0 fully saturated rings. The maximum Gasteiger partial charge on any atom is 0.340 e. The molecule has 1 aromatic carbocycles. The smallest absolute Gasteiger partial charge is 0.340 e. The number of rotatable bonds is 7. The highest BCUT2D eigenvalue weighted by atomic mass is 16.6. The lowest BCUT2D eigenvalue weighted by atomic mass is 10.2. The second-order valence-corrected chi connectivity index (χ2v) is 6.90. The Kier molecular flexibility index (Phi) is 5.84. The van der Waals surface area contributed by atoms with Gasteiger partial charge in [-0.2, -0.15) is 10.1 Å². The third-order valence-electron chi connectivity index (χ3n) is 4.65. The Hall–Kier alpha value is -4.21. The SMILES string of the molecule is COc1ccc(-c2noc(COC(=O)c3ccc(-n4nc(C)cc4C)nc3)n2)c(OC)c1. The molecule has 32 heavy (non-hydrogen) atoms. The summed E-state index contributed by atoms with van der Waals surface area (Å²) in [6.45, 7) is 3.66. The number of carbonyl (C=O) groups is 1. The zero-order chi connectivity index (χ0) is 22.7. The third-order valence-corrected chi connectivity index (χ3v) is 4.65. The van der Waals surface area contributed by atoms with Crippen molar-refractivity contribution in [3.63, 3.8) is 0 Å². The van der Waals surface area contributed by atoms with Crippen molar-refractivity contribution in [1.29, 1.82) is 0 Å². The molecule has 0 saturated carbocycles. The molecule has 10 nitrogen and oxygen atoms in total. The lowest BCUT2D eigenvalue weighted by Crippen LogP contribution is -2.08. The molecule has 3 aromatic heterocycles. The Balaban J connectivity index is 1.42. The predicted octanol–water partition coefficient (Wildman–Crippen LogP) is 3.31. The zero-order valence-electron chi connectivity index (χ0n) is 18.0. The maximum atomic E-state index is 12.4. The first-order chi connectivity index (χ1) is 15.5. The fourth-order valence-electron chi connectivity index (χ4n) is 3.11. The highest BCUT2D eigenvalue weighted by Gasteiger charge is 2.16. The van der Waals surface area contributed by atoms with Crippen LogP contribution in [-0.2, 0) is 11.3 Å². The van der Waals surface area contributed by atoms with Gasteiger partial charge in [-0.25, -0.2) is 14.5 Å². The quantitative estimate of drug-likeness (QED) is 0.403. The standard InChI is InChI=1S/C22H21N5O5/c1-13-9-14(2)27(25-13)19-8-5-15(11-23-19)22(28)31-12-20-24-21(26-32-20)17-7-6-16(29-3)10-18(17)30-4/h5-11H,12H2,1-4H3. The largest absolute Gasteiger partial charge is 0.497 e. The number of methoxy groups -OCH3 is 2. The fourth-order valence-corrected chi connectivity index (χ4v) is 3.11. The molecule has 4 aromatic rings. The number of aryl methyl sites for hydroxylation is 2. The lowest BCUT2D eigenvalue weighted by molar-refractivity contribution is 0.0429. The van der Waals surface area contributed by atoms with Gasteiger partial charge in [-0.3, -0.25) is 0 Å². The summed E-state index contributed by atoms with van der Waals surface area (Å²) in [4.78, 5) is 20.9. The van der Waals surface area contributed by atoms with Crippen LogP contribution in [0.4, 0.5) is 0 Å². The minimum Gasteiger partial charge on any atom is -0.497 e. The topological polar surface area (TPSA) is 114 Å². The summed E-state index contributed by atoms with van der Waals surface area (Å²) < 4.78 is 22.7. The van der Waals surface area contributed by atoms with Gasteiger partial charge in [0.05, 0.1) is 31.0 Å². The van der Waals surface area contributed by atoms with Crippen molar-refractivity contribution < 1.29 is 23.5 Å². The molecule has 0 atom stereocenters. The summed E-state index contributed by atoms with van der Waals surface area (Å²) >= 11 is 0. The van der Waals surface area contributed by atoms with Gasteiger partial charge in [0.2, 0.25) is 5.82 Å². The van der Waals surface area contributed by atoms with Gasteiger partial charge in [-0.1, -0.05) is 5.16 Å². The van der Waals surface area contributed by atoms with E-state index >= 15 is 0 Å². The van der Waals surface area contributed by atoms with Gasteiger partial charge in [0.1, 0.15) is 11.5 Å². The van der Waals surface area contributed by atoms with Crippen LogP contribution in [0.5, 0.6) is 11.5 Å². The highest BCUT2D eigenvalue weighted by molar-refractivity contribution is 5.89. The first-order valence-corrected chi connectivity index (χ1v) is 9.70. The Morgan fingerprint density at radius 3 is 2.59 bits per heavy atom. The maximum absolute atomic E-state index is 12.4. The molecule has 0 amide bonds. The summed E-state index contributed by atoms with van der Waals surface area (Å²) in [7, 11) is 3.10. The number of carbonyl (C=O) groups excluding carboxylic acids is 1. The molecule has 0 radical (unpaired) electrons. The molecule has 10 heteroatoms. The van der Waals surface area contributed by atoms with Crippen LogP contribution in [0.1, 0.15) is 27.6 Å². The fraction of sp³-hybridized carbons (Fsp3) is 0.227. The van der Waals surface area contributed by atoms with Gasteiger partial charge in [-0.15, -0.1) is 0 Å². The third kappa shape index (κ3) is 4.29. The molecule has 0 N–H and O–H groups in total. The number of aromatic nitrogens is 5. The van der Waals surface area contributed by atoms with Crippen molar-refractivity contribution in [2.75, 3.05) is 14.2 Å². The molecule has 3 heterocycles. The van der Waals surface area contributed by atoms with Gasteiger partial charge in [0, 0.05) is 18.0 Å². The first kappa shape index (κ1) is 21.0. The average Bonchev–Trinajstić information content (AvgIpc) is 3.42. The van der Waals surface area contributed by atoms with Crippen LogP contribution in [0.2, 0.25) is 0 Å². The second-order valence-electron chi connectivity index (χ2n) is 6.90. The molecule has 0 aliphatic rings. The van der Waals surface area contributed by atoms with Crippen molar-refractivity contribution in [3.8, 4) is 28.7 Å². The summed E-state index contributed by atoms with van der Waals surface area (Å²) in [5.41, 5.74) is 2.76. The Labute approximate surface area is 183 Å². The van der Waals surface area contributed by atoms with E-state index in [1.165, 1.54) is 13.3 Å². The minimum absolute atomic E-state index is 0.151. The monoisotopic (exact) mass is 435 g/mol. The van der Waals surface area contributed by atoms with Crippen molar-refractivity contribution in [1.82, 2.24) is 24.9 Å². The Morgan fingerprint density at radius 2 is 1.94 bits per heavy atom. The van der Waals surface area contributed by atoms with Crippen LogP contribution in [0.3, 0.4) is 0 Å². The molecule has 164 valence electrons. The van der Waals surface area contributed by atoms with E-state index in [2.05, 4.69) is 20.2 Å². The minimum atomic E-state index is -0.556. The average molecular weight is 435 g/mol. The van der Waals surface area contributed by atoms with Crippen LogP contribution < -0.4 is 9.47 Å². The van der Waals surface area contributed by atoms with E-state index in [-0.39, 0.29) is 12.5 Å². The van der Waals surface area contributed by atoms with E-state index < -0.39 is 5.97 Å². The van der Waals surface area contributed by atoms with Gasteiger partial charge in [-0.05, 0) is 44.2 Å². The number of pyridine rings is 1. The van der Waals surface area contributed by atoms with Gasteiger partial charge in [0.25, 0.3) is 5.89 Å². The van der Waals surface area contributed by atoms with Gasteiger partial charge in [0.15, 0.2) is 12.4 Å².